The van der Waals surface area contributed by atoms with Crippen molar-refractivity contribution in [1.82, 2.24) is 4.98 Å². The number of nitrogens with zero attached hydrogens (tertiary/aromatic N) is 1. The number of methoxy groups -OCH3 is 1. The predicted molar refractivity (Wildman–Crippen MR) is 60.5 cm³/mol. The molecule has 1 aromatic rings. The molecule has 0 atom stereocenters. The molecule has 0 bridgehead atoms. The van der Waals surface area contributed by atoms with E-state index in [2.05, 4.69) is 4.98 Å². The zero-order valence-corrected chi connectivity index (χ0v) is 10.1. The third-order valence-electron chi connectivity index (χ3n) is 2.22. The Kier molecular flexibility index (Phi) is 4.82. The molecule has 5 nitrogen and oxygen atoms in total. The van der Waals surface area contributed by atoms with E-state index >= 15 is 0 Å². The summed E-state index contributed by atoms with van der Waals surface area (Å²) in [6.45, 7) is 1.90. The van der Waals surface area contributed by atoms with Crippen LogP contribution in [0.1, 0.15) is 24.6 Å². The molecule has 1 rings (SSSR count). The largest absolute Gasteiger partial charge is 0.494 e. The van der Waals surface area contributed by atoms with Gasteiger partial charge in [0.15, 0.2) is 0 Å². The molecule has 0 fully saturated rings. The van der Waals surface area contributed by atoms with E-state index in [9.17, 15) is 13.6 Å². The maximum Gasteiger partial charge on any atom is 0.310 e. The van der Waals surface area contributed by atoms with E-state index in [4.69, 9.17) is 15.2 Å². The second kappa shape index (κ2) is 6.13. The van der Waals surface area contributed by atoms with Crippen molar-refractivity contribution in [3.8, 4) is 5.75 Å². The van der Waals surface area contributed by atoms with E-state index in [1.807, 2.05) is 0 Å². The first kappa shape index (κ1) is 14.1. The molecule has 0 aliphatic heterocycles. The van der Waals surface area contributed by atoms with E-state index in [1.165, 1.54) is 7.11 Å². The summed E-state index contributed by atoms with van der Waals surface area (Å²) in [6, 6.07) is 0. The number of carbonyl (C=O) groups excluding carboxylic acids is 1. The van der Waals surface area contributed by atoms with Crippen molar-refractivity contribution >= 4 is 11.7 Å². The van der Waals surface area contributed by atoms with Crippen LogP contribution in [0.25, 0.3) is 0 Å². The van der Waals surface area contributed by atoms with E-state index in [1.54, 1.807) is 6.92 Å². The zero-order valence-electron chi connectivity index (χ0n) is 10.1. The quantitative estimate of drug-likeness (QED) is 0.816. The fraction of sp³-hybridized carbons (Fsp3) is 0.455. The normalized spacial score (nSPS) is 10.5. The van der Waals surface area contributed by atoms with Crippen LogP contribution in [0, 0.1) is 0 Å². The number of alkyl halides is 2. The minimum Gasteiger partial charge on any atom is -0.494 e. The number of carbonyl (C=O) groups is 1. The molecule has 0 saturated carbocycles. The Hall–Kier alpha value is -1.92. The molecule has 0 saturated heterocycles. The molecule has 0 unspecified atom stereocenters. The fourth-order valence-corrected chi connectivity index (χ4v) is 1.47. The average molecular weight is 260 g/mol. The van der Waals surface area contributed by atoms with Gasteiger partial charge in [0.2, 0.25) is 0 Å². The van der Waals surface area contributed by atoms with Gasteiger partial charge in [-0.15, -0.1) is 0 Å². The summed E-state index contributed by atoms with van der Waals surface area (Å²) in [6.07, 6.45) is -1.78. The van der Waals surface area contributed by atoms with Crippen LogP contribution in [0.4, 0.5) is 14.5 Å². The van der Waals surface area contributed by atoms with E-state index in [0.29, 0.717) is 5.56 Å². The summed E-state index contributed by atoms with van der Waals surface area (Å²) in [5.41, 5.74) is 5.03. The van der Waals surface area contributed by atoms with Crippen LogP contribution >= 0.6 is 0 Å². The molecule has 1 heterocycles. The number of nitrogen functional groups attached to an aromatic ring is 1. The molecule has 1 aromatic heterocycles. The number of halogens is 2. The monoisotopic (exact) mass is 260 g/mol. The Bertz CT molecular complexity index is 439. The number of anilines is 1. The molecular weight excluding hydrogens is 246 g/mol. The Morgan fingerprint density at radius 1 is 1.56 bits per heavy atom. The molecule has 0 aromatic carbocycles. The van der Waals surface area contributed by atoms with Gasteiger partial charge in [-0.2, -0.15) is 0 Å². The summed E-state index contributed by atoms with van der Waals surface area (Å²) in [5.74, 6) is -0.463. The highest BCUT2D eigenvalue weighted by molar-refractivity contribution is 5.75. The van der Waals surface area contributed by atoms with Gasteiger partial charge in [0.05, 0.1) is 20.1 Å². The molecule has 0 radical (unpaired) electrons. The van der Waals surface area contributed by atoms with Crippen molar-refractivity contribution in [2.24, 2.45) is 0 Å². The van der Waals surface area contributed by atoms with Crippen molar-refractivity contribution in [1.29, 1.82) is 0 Å². The summed E-state index contributed by atoms with van der Waals surface area (Å²) < 4.78 is 34.8. The lowest BCUT2D eigenvalue weighted by Crippen LogP contribution is -2.11. The van der Waals surface area contributed by atoms with Crippen LogP contribution in [0.15, 0.2) is 6.20 Å². The summed E-state index contributed by atoms with van der Waals surface area (Å²) in [4.78, 5) is 14.9. The van der Waals surface area contributed by atoms with Gasteiger partial charge in [-0.1, -0.05) is 0 Å². The highest BCUT2D eigenvalue weighted by atomic mass is 19.3. The number of pyridine rings is 1. The molecule has 18 heavy (non-hydrogen) atoms. The van der Waals surface area contributed by atoms with Crippen molar-refractivity contribution in [2.75, 3.05) is 19.5 Å². The minimum atomic E-state index is -2.80. The predicted octanol–water partition coefficient (Wildman–Crippen LogP) is 1.72. The third-order valence-corrected chi connectivity index (χ3v) is 2.22. The first-order valence-corrected chi connectivity index (χ1v) is 5.26. The number of hydrogen-bond acceptors (Lipinski definition) is 5. The van der Waals surface area contributed by atoms with Gasteiger partial charge in [-0.05, 0) is 6.92 Å². The van der Waals surface area contributed by atoms with Gasteiger partial charge in [0.1, 0.15) is 17.1 Å². The van der Waals surface area contributed by atoms with Crippen LogP contribution in [-0.2, 0) is 16.0 Å². The maximum absolute atomic E-state index is 12.6. The van der Waals surface area contributed by atoms with Gasteiger partial charge in [0, 0.05) is 11.8 Å². The third kappa shape index (κ3) is 3.06. The number of aromatic nitrogens is 1. The van der Waals surface area contributed by atoms with Gasteiger partial charge >= 0.3 is 5.97 Å². The molecule has 7 heteroatoms. The van der Waals surface area contributed by atoms with E-state index in [-0.39, 0.29) is 24.5 Å². The molecular formula is C11H14F2N2O3. The number of hydrogen-bond donors (Lipinski definition) is 1. The van der Waals surface area contributed by atoms with E-state index in [0.717, 1.165) is 6.20 Å². The maximum atomic E-state index is 12.6. The molecule has 0 amide bonds. The molecule has 100 valence electrons. The number of esters is 1. The standard InChI is InChI=1S/C11H14F2N2O3/c1-3-18-7(16)4-6-5-15-9(11(12)13)8(14)10(6)17-2/h5,11H,3-4,14H2,1-2H3. The van der Waals surface area contributed by atoms with Gasteiger partial charge in [-0.25, -0.2) is 8.78 Å². The smallest absolute Gasteiger partial charge is 0.310 e. The van der Waals surface area contributed by atoms with Crippen LogP contribution in [0.2, 0.25) is 0 Å². The van der Waals surface area contributed by atoms with Crippen molar-refractivity contribution in [2.45, 2.75) is 19.8 Å². The highest BCUT2D eigenvalue weighted by Gasteiger charge is 2.20. The van der Waals surface area contributed by atoms with Crippen molar-refractivity contribution in [3.63, 3.8) is 0 Å². The van der Waals surface area contributed by atoms with Crippen LogP contribution in [-0.4, -0.2) is 24.7 Å². The number of ether oxygens (including phenoxy) is 2. The first-order valence-electron chi connectivity index (χ1n) is 5.26. The topological polar surface area (TPSA) is 74.4 Å². The lowest BCUT2D eigenvalue weighted by molar-refractivity contribution is -0.142. The summed E-state index contributed by atoms with van der Waals surface area (Å²) >= 11 is 0. The fourth-order valence-electron chi connectivity index (χ4n) is 1.47. The summed E-state index contributed by atoms with van der Waals surface area (Å²) in [7, 11) is 1.29. The molecule has 0 aliphatic carbocycles. The second-order valence-electron chi connectivity index (χ2n) is 3.40. The average Bonchev–Trinajstić information content (AvgIpc) is 2.29. The van der Waals surface area contributed by atoms with Gasteiger partial charge < -0.3 is 15.2 Å². The van der Waals surface area contributed by atoms with E-state index < -0.39 is 18.1 Å². The van der Waals surface area contributed by atoms with Gasteiger partial charge in [-0.3, -0.25) is 9.78 Å². The Balaban J connectivity index is 3.07. The number of nitrogens with two attached hydrogens (primary N) is 1. The summed E-state index contributed by atoms with van der Waals surface area (Å²) in [5, 5.41) is 0. The highest BCUT2D eigenvalue weighted by Crippen LogP contribution is 2.33. The van der Waals surface area contributed by atoms with Crippen LogP contribution in [0.3, 0.4) is 0 Å². The Labute approximate surface area is 103 Å². The Morgan fingerprint density at radius 3 is 2.72 bits per heavy atom. The Morgan fingerprint density at radius 2 is 2.22 bits per heavy atom. The SMILES string of the molecule is CCOC(=O)Cc1cnc(C(F)F)c(N)c1OC. The molecule has 0 spiro atoms. The second-order valence-corrected chi connectivity index (χ2v) is 3.40. The number of rotatable bonds is 5. The minimum absolute atomic E-state index is 0.0355. The zero-order chi connectivity index (χ0) is 13.7. The lowest BCUT2D eigenvalue weighted by atomic mass is 10.1. The van der Waals surface area contributed by atoms with Crippen molar-refractivity contribution < 1.29 is 23.0 Å². The van der Waals surface area contributed by atoms with Crippen LogP contribution in [0.5, 0.6) is 5.75 Å². The molecule has 0 aliphatic rings. The van der Waals surface area contributed by atoms with Gasteiger partial charge in [0.25, 0.3) is 6.43 Å². The first-order chi connectivity index (χ1) is 8.51. The van der Waals surface area contributed by atoms with Crippen LogP contribution < -0.4 is 10.5 Å². The molecule has 2 N–H and O–H groups in total. The van der Waals surface area contributed by atoms with Crippen molar-refractivity contribution in [3.05, 3.63) is 17.5 Å². The lowest BCUT2D eigenvalue weighted by Gasteiger charge is -2.13.